The van der Waals surface area contributed by atoms with Gasteiger partial charge in [-0.25, -0.2) is 4.98 Å². The zero-order chi connectivity index (χ0) is 25.7. The molecule has 0 aliphatic carbocycles. The van der Waals surface area contributed by atoms with E-state index in [1.807, 2.05) is 53.4 Å². The highest BCUT2D eigenvalue weighted by Gasteiger charge is 2.32. The van der Waals surface area contributed by atoms with Crippen LogP contribution in [0, 0.1) is 5.92 Å². The summed E-state index contributed by atoms with van der Waals surface area (Å²) in [5.74, 6) is -0.866. The highest BCUT2D eigenvalue weighted by Crippen LogP contribution is 2.31. The van der Waals surface area contributed by atoms with Crippen LogP contribution in [0.15, 0.2) is 72.9 Å². The number of nitrogens with one attached hydrogen (secondary N) is 1. The monoisotopic (exact) mass is 497 g/mol. The highest BCUT2D eigenvalue weighted by molar-refractivity contribution is 5.98. The smallest absolute Gasteiger partial charge is 0.417 e. The van der Waals surface area contributed by atoms with Gasteiger partial charge in [0, 0.05) is 30.5 Å². The molecule has 0 saturated carbocycles. The summed E-state index contributed by atoms with van der Waals surface area (Å²) < 4.78 is 43.7. The van der Waals surface area contributed by atoms with Gasteiger partial charge in [0.2, 0.25) is 0 Å². The van der Waals surface area contributed by atoms with E-state index >= 15 is 0 Å². The Labute approximate surface area is 207 Å². The number of hydrogen-bond donors (Lipinski definition) is 1. The van der Waals surface area contributed by atoms with Crippen molar-refractivity contribution in [1.82, 2.24) is 4.98 Å². The van der Waals surface area contributed by atoms with Gasteiger partial charge in [-0.1, -0.05) is 48.5 Å². The van der Waals surface area contributed by atoms with Crippen LogP contribution in [0.4, 0.5) is 24.7 Å². The van der Waals surface area contributed by atoms with E-state index in [1.165, 1.54) is 13.0 Å². The van der Waals surface area contributed by atoms with Crippen molar-refractivity contribution < 1.29 is 27.5 Å². The molecule has 1 saturated heterocycles. The van der Waals surface area contributed by atoms with Crippen LogP contribution in [0.2, 0.25) is 0 Å². The van der Waals surface area contributed by atoms with E-state index in [1.54, 1.807) is 6.07 Å². The molecule has 3 aromatic rings. The van der Waals surface area contributed by atoms with Gasteiger partial charge >= 0.3 is 12.1 Å². The number of amides is 1. The summed E-state index contributed by atoms with van der Waals surface area (Å²) in [7, 11) is 0. The van der Waals surface area contributed by atoms with Crippen molar-refractivity contribution in [2.75, 3.05) is 23.3 Å². The van der Waals surface area contributed by atoms with Crippen LogP contribution >= 0.6 is 0 Å². The number of benzene rings is 2. The van der Waals surface area contributed by atoms with Gasteiger partial charge in [-0.05, 0) is 43.5 Å². The third-order valence-corrected chi connectivity index (χ3v) is 6.16. The molecule has 2 heterocycles. The molecule has 0 unspecified atom stereocenters. The predicted molar refractivity (Wildman–Crippen MR) is 130 cm³/mol. The van der Waals surface area contributed by atoms with Crippen molar-refractivity contribution in [3.63, 3.8) is 0 Å². The number of halogens is 3. The van der Waals surface area contributed by atoms with Crippen molar-refractivity contribution in [2.45, 2.75) is 32.0 Å². The molecule has 188 valence electrons. The van der Waals surface area contributed by atoms with Crippen molar-refractivity contribution in [3.8, 4) is 11.1 Å². The first-order chi connectivity index (χ1) is 17.2. The Kier molecular flexibility index (Phi) is 7.57. The Balaban J connectivity index is 1.30. The van der Waals surface area contributed by atoms with Crippen molar-refractivity contribution >= 4 is 23.4 Å². The molecule has 1 aliphatic rings. The molecular weight excluding hydrogens is 471 g/mol. The van der Waals surface area contributed by atoms with E-state index in [0.29, 0.717) is 37.4 Å². The van der Waals surface area contributed by atoms with Crippen LogP contribution in [0.1, 0.15) is 25.3 Å². The number of piperidine rings is 1. The standard InChI is InChI=1S/C27H26F3N3O3/c1-18(25(34)32-23-10-6-5-9-22(23)19-7-3-2-4-8-19)36-26(35)20-13-15-33(16-14-20)24-12-11-21(17-31-24)27(28,29)30/h2-12,17-18,20H,13-16H2,1H3,(H,32,34)/t18-/m0/s1. The molecule has 1 N–H and O–H groups in total. The SMILES string of the molecule is C[C@H](OC(=O)C1CCN(c2ccc(C(F)(F)F)cn2)CC1)C(=O)Nc1ccccc1-c1ccccc1. The fourth-order valence-corrected chi connectivity index (χ4v) is 4.10. The number of hydrogen-bond acceptors (Lipinski definition) is 5. The first-order valence-electron chi connectivity index (χ1n) is 11.7. The van der Waals surface area contributed by atoms with Gasteiger partial charge < -0.3 is 15.0 Å². The average molecular weight is 498 g/mol. The summed E-state index contributed by atoms with van der Waals surface area (Å²) in [6.07, 6.45) is -3.71. The number of anilines is 2. The average Bonchev–Trinajstić information content (AvgIpc) is 2.89. The van der Waals surface area contributed by atoms with Crippen LogP contribution in [0.5, 0.6) is 0 Å². The lowest BCUT2D eigenvalue weighted by Crippen LogP contribution is -2.39. The van der Waals surface area contributed by atoms with Gasteiger partial charge in [0.25, 0.3) is 5.91 Å². The summed E-state index contributed by atoms with van der Waals surface area (Å²) in [5, 5.41) is 2.85. The van der Waals surface area contributed by atoms with E-state index in [-0.39, 0.29) is 0 Å². The zero-order valence-corrected chi connectivity index (χ0v) is 19.7. The van der Waals surface area contributed by atoms with Gasteiger partial charge in [-0.15, -0.1) is 0 Å². The van der Waals surface area contributed by atoms with E-state index in [4.69, 9.17) is 4.74 Å². The lowest BCUT2D eigenvalue weighted by Gasteiger charge is -2.32. The van der Waals surface area contributed by atoms with Crippen LogP contribution in [-0.2, 0) is 20.5 Å². The molecule has 9 heteroatoms. The fourth-order valence-electron chi connectivity index (χ4n) is 4.10. The van der Waals surface area contributed by atoms with E-state index in [0.717, 1.165) is 23.4 Å². The van der Waals surface area contributed by atoms with Crippen molar-refractivity contribution in [3.05, 3.63) is 78.5 Å². The Bertz CT molecular complexity index is 1190. The van der Waals surface area contributed by atoms with Crippen molar-refractivity contribution in [1.29, 1.82) is 0 Å². The van der Waals surface area contributed by atoms with Gasteiger partial charge in [-0.2, -0.15) is 13.2 Å². The van der Waals surface area contributed by atoms with Gasteiger partial charge in [-0.3, -0.25) is 9.59 Å². The Hall–Kier alpha value is -3.88. The van der Waals surface area contributed by atoms with Crippen LogP contribution in [-0.4, -0.2) is 36.1 Å². The molecule has 2 aromatic carbocycles. The Morgan fingerprint density at radius 2 is 1.67 bits per heavy atom. The largest absolute Gasteiger partial charge is 0.452 e. The van der Waals surface area contributed by atoms with Crippen LogP contribution in [0.3, 0.4) is 0 Å². The number of carbonyl (C=O) groups is 2. The summed E-state index contributed by atoms with van der Waals surface area (Å²) in [5.41, 5.74) is 1.62. The minimum atomic E-state index is -4.44. The molecule has 4 rings (SSSR count). The van der Waals surface area contributed by atoms with Crippen LogP contribution in [0.25, 0.3) is 11.1 Å². The summed E-state index contributed by atoms with van der Waals surface area (Å²) in [4.78, 5) is 31.2. The molecule has 1 aliphatic heterocycles. The minimum Gasteiger partial charge on any atom is -0.452 e. The molecule has 36 heavy (non-hydrogen) atoms. The number of rotatable bonds is 6. The fraction of sp³-hybridized carbons (Fsp3) is 0.296. The minimum absolute atomic E-state index is 0.400. The second-order valence-corrected chi connectivity index (χ2v) is 8.64. The highest BCUT2D eigenvalue weighted by atomic mass is 19.4. The topological polar surface area (TPSA) is 71.5 Å². The number of carbonyl (C=O) groups excluding carboxylic acids is 2. The van der Waals surface area contributed by atoms with Crippen LogP contribution < -0.4 is 10.2 Å². The Morgan fingerprint density at radius 3 is 2.31 bits per heavy atom. The second-order valence-electron chi connectivity index (χ2n) is 8.64. The number of pyridine rings is 1. The lowest BCUT2D eigenvalue weighted by molar-refractivity contribution is -0.158. The van der Waals surface area contributed by atoms with Gasteiger partial charge in [0.05, 0.1) is 11.5 Å². The van der Waals surface area contributed by atoms with E-state index in [9.17, 15) is 22.8 Å². The predicted octanol–water partition coefficient (Wildman–Crippen LogP) is 5.55. The molecule has 6 nitrogen and oxygen atoms in total. The summed E-state index contributed by atoms with van der Waals surface area (Å²) in [6, 6.07) is 19.4. The quantitative estimate of drug-likeness (QED) is 0.452. The van der Waals surface area contributed by atoms with Crippen molar-refractivity contribution in [2.24, 2.45) is 5.92 Å². The number of esters is 1. The molecule has 0 spiro atoms. The molecule has 1 fully saturated rings. The number of para-hydroxylation sites is 1. The Morgan fingerprint density at radius 1 is 1.00 bits per heavy atom. The number of nitrogens with zero attached hydrogens (tertiary/aromatic N) is 2. The lowest BCUT2D eigenvalue weighted by atomic mass is 9.97. The normalized spacial score (nSPS) is 15.3. The first-order valence-corrected chi connectivity index (χ1v) is 11.7. The molecule has 1 atom stereocenters. The molecule has 0 bridgehead atoms. The third kappa shape index (κ3) is 6.02. The maximum atomic E-state index is 12.8. The summed E-state index contributed by atoms with van der Waals surface area (Å²) in [6.45, 7) is 2.42. The van der Waals surface area contributed by atoms with Gasteiger partial charge in [0.1, 0.15) is 5.82 Å². The molecular formula is C27H26F3N3O3. The third-order valence-electron chi connectivity index (χ3n) is 6.16. The maximum Gasteiger partial charge on any atom is 0.417 e. The van der Waals surface area contributed by atoms with Gasteiger partial charge in [0.15, 0.2) is 6.10 Å². The van der Waals surface area contributed by atoms with E-state index in [2.05, 4.69) is 10.3 Å². The number of aromatic nitrogens is 1. The maximum absolute atomic E-state index is 12.8. The second kappa shape index (κ2) is 10.8. The number of ether oxygens (including phenoxy) is 1. The van der Waals surface area contributed by atoms with E-state index < -0.39 is 35.6 Å². The molecule has 0 radical (unpaired) electrons. The zero-order valence-electron chi connectivity index (χ0n) is 19.7. The molecule has 1 aromatic heterocycles. The first kappa shape index (κ1) is 25.2. The summed E-state index contributed by atoms with van der Waals surface area (Å²) >= 11 is 0. The molecule has 1 amide bonds. The number of alkyl halides is 3.